The summed E-state index contributed by atoms with van der Waals surface area (Å²) in [4.78, 5) is 44.8. The Morgan fingerprint density at radius 2 is 1.69 bits per heavy atom. The number of nitrogens with zero attached hydrogens (tertiary/aromatic N) is 2. The number of aromatic hydroxyl groups is 1. The number of anilines is 1. The summed E-state index contributed by atoms with van der Waals surface area (Å²) < 4.78 is 0. The molecule has 8 nitrogen and oxygen atoms in total. The van der Waals surface area contributed by atoms with Crippen LogP contribution in [0.5, 0.6) is 5.75 Å². The maximum Gasteiger partial charge on any atom is 0.322 e. The third kappa shape index (κ3) is 3.51. The molecule has 0 unspecified atom stereocenters. The summed E-state index contributed by atoms with van der Waals surface area (Å²) in [5.41, 5.74) is 0.884. The third-order valence-electron chi connectivity index (χ3n) is 6.69. The monoisotopic (exact) mass is 432 g/mol. The van der Waals surface area contributed by atoms with Crippen LogP contribution in [-0.4, -0.2) is 39.0 Å². The predicted molar refractivity (Wildman–Crippen MR) is 116 cm³/mol. The number of allylic oxidation sites excluding steroid dienone is 2. The number of likely N-dealkylation sites (tertiary alicyclic amines) is 1. The number of nitrogens with one attached hydrogen (secondary N) is 2. The number of hydrogen-bond donors (Lipinski definition) is 3. The summed E-state index contributed by atoms with van der Waals surface area (Å²) in [5, 5.41) is 15.2. The molecule has 32 heavy (non-hydrogen) atoms. The van der Waals surface area contributed by atoms with Crippen molar-refractivity contribution in [2.75, 3.05) is 5.32 Å². The molecule has 4 aliphatic rings. The molecule has 164 valence electrons. The molecule has 2 aromatic rings. The number of carbonyl (C=O) groups is 3. The summed E-state index contributed by atoms with van der Waals surface area (Å²) >= 11 is 0. The van der Waals surface area contributed by atoms with Crippen LogP contribution in [0.2, 0.25) is 0 Å². The van der Waals surface area contributed by atoms with Crippen LogP contribution in [-0.2, 0) is 16.0 Å². The van der Waals surface area contributed by atoms with Gasteiger partial charge < -0.3 is 10.4 Å². The molecule has 3 N–H and O–H groups in total. The van der Waals surface area contributed by atoms with E-state index >= 15 is 0 Å². The largest absolute Gasteiger partial charge is 0.504 e. The zero-order valence-corrected chi connectivity index (χ0v) is 17.3. The summed E-state index contributed by atoms with van der Waals surface area (Å²) in [6.45, 7) is 0. The molecule has 4 amide bonds. The fraction of sp³-hybridized carbons (Fsp3) is 0.333. The number of hydrogen-bond acceptors (Lipinski definition) is 5. The van der Waals surface area contributed by atoms with Crippen molar-refractivity contribution >= 4 is 23.7 Å². The minimum Gasteiger partial charge on any atom is -0.504 e. The van der Waals surface area contributed by atoms with Crippen molar-refractivity contribution in [3.05, 3.63) is 66.4 Å². The molecule has 1 aliphatic heterocycles. The van der Waals surface area contributed by atoms with Gasteiger partial charge in [0.1, 0.15) is 6.17 Å². The van der Waals surface area contributed by atoms with E-state index in [-0.39, 0.29) is 53.5 Å². The van der Waals surface area contributed by atoms with E-state index < -0.39 is 12.2 Å². The van der Waals surface area contributed by atoms with Gasteiger partial charge in [0, 0.05) is 12.6 Å². The molecule has 1 aromatic carbocycles. The zero-order valence-electron chi connectivity index (χ0n) is 17.3. The lowest BCUT2D eigenvalue weighted by Gasteiger charge is -2.38. The lowest BCUT2D eigenvalue weighted by Crippen LogP contribution is -2.53. The van der Waals surface area contributed by atoms with E-state index in [1.165, 1.54) is 17.2 Å². The highest BCUT2D eigenvalue weighted by Crippen LogP contribution is 2.50. The second-order valence-electron chi connectivity index (χ2n) is 8.56. The van der Waals surface area contributed by atoms with Crippen LogP contribution in [0.25, 0.3) is 0 Å². The van der Waals surface area contributed by atoms with E-state index in [0.29, 0.717) is 0 Å². The topological polar surface area (TPSA) is 112 Å². The van der Waals surface area contributed by atoms with Crippen molar-refractivity contribution in [2.45, 2.75) is 25.4 Å². The molecular weight excluding hydrogens is 408 g/mol. The molecule has 5 atom stereocenters. The Balaban J connectivity index is 1.41. The molecule has 0 radical (unpaired) electrons. The smallest absolute Gasteiger partial charge is 0.322 e. The van der Waals surface area contributed by atoms with Gasteiger partial charge in [-0.3, -0.25) is 19.8 Å². The molecule has 2 fully saturated rings. The van der Waals surface area contributed by atoms with Crippen LogP contribution in [0.1, 0.15) is 18.4 Å². The predicted octanol–water partition coefficient (Wildman–Crippen LogP) is 2.67. The fourth-order valence-electron chi connectivity index (χ4n) is 5.24. The number of amides is 4. The Morgan fingerprint density at radius 1 is 1.03 bits per heavy atom. The van der Waals surface area contributed by atoms with Gasteiger partial charge in [0.25, 0.3) is 0 Å². The van der Waals surface area contributed by atoms with Crippen LogP contribution < -0.4 is 10.6 Å². The molecule has 8 heteroatoms. The number of fused-ring (bicyclic) bond motifs is 1. The zero-order chi connectivity index (χ0) is 22.2. The average Bonchev–Trinajstić information content (AvgIpc) is 3.09. The number of carbonyl (C=O) groups excluding carboxylic acids is 3. The number of aromatic nitrogens is 1. The van der Waals surface area contributed by atoms with Gasteiger partial charge in [-0.05, 0) is 42.4 Å². The molecule has 3 aliphatic carbocycles. The van der Waals surface area contributed by atoms with Crippen LogP contribution in [0.15, 0.2) is 60.8 Å². The van der Waals surface area contributed by atoms with Crippen molar-refractivity contribution in [2.24, 2.45) is 23.7 Å². The number of imide groups is 1. The van der Waals surface area contributed by atoms with E-state index in [1.54, 1.807) is 6.07 Å². The minimum absolute atomic E-state index is 0.00144. The maximum absolute atomic E-state index is 13.4. The number of benzene rings is 1. The SMILES string of the molecule is O=C(Nc1ncccc1O)N[C@H](Cc1ccccc1)N1C(=O)[C@@H]2[C@@H](C1=O)[C@H]1C=C[C@H]2CC1. The highest BCUT2D eigenvalue weighted by molar-refractivity contribution is 6.06. The molecular formula is C24H24N4O4. The van der Waals surface area contributed by atoms with Gasteiger partial charge in [-0.25, -0.2) is 9.78 Å². The summed E-state index contributed by atoms with van der Waals surface area (Å²) in [6, 6.07) is 11.7. The van der Waals surface area contributed by atoms with Crippen molar-refractivity contribution < 1.29 is 19.5 Å². The van der Waals surface area contributed by atoms with E-state index in [4.69, 9.17) is 0 Å². The normalized spacial score (nSPS) is 26.7. The Labute approximate surface area is 185 Å². The van der Waals surface area contributed by atoms with Gasteiger partial charge in [0.15, 0.2) is 11.6 Å². The first-order chi connectivity index (χ1) is 15.5. The minimum atomic E-state index is -0.853. The van der Waals surface area contributed by atoms with Crippen LogP contribution >= 0.6 is 0 Å². The van der Waals surface area contributed by atoms with E-state index in [9.17, 15) is 19.5 Å². The van der Waals surface area contributed by atoms with Gasteiger partial charge in [-0.15, -0.1) is 0 Å². The van der Waals surface area contributed by atoms with Gasteiger partial charge in [-0.1, -0.05) is 42.5 Å². The van der Waals surface area contributed by atoms with Crippen molar-refractivity contribution in [3.63, 3.8) is 0 Å². The standard InChI is InChI=1S/C24H24N4O4/c29-17-7-4-12-25-21(17)27-24(32)26-18(13-14-5-2-1-3-6-14)28-22(30)19-15-8-9-16(11-10-15)20(19)23(28)31/h1-9,12,15-16,18-20,29H,10-11,13H2,(H2,25,26,27,32)/t15-,16-,18-,19-,20-/m0/s1. The van der Waals surface area contributed by atoms with E-state index in [2.05, 4.69) is 27.8 Å². The van der Waals surface area contributed by atoms with Crippen molar-refractivity contribution in [3.8, 4) is 5.75 Å². The molecule has 2 heterocycles. The highest BCUT2D eigenvalue weighted by atomic mass is 16.3. The second kappa shape index (κ2) is 8.11. The lowest BCUT2D eigenvalue weighted by molar-refractivity contribution is -0.143. The Hall–Kier alpha value is -3.68. The molecule has 1 aromatic heterocycles. The number of pyridine rings is 1. The average molecular weight is 432 g/mol. The number of urea groups is 1. The second-order valence-corrected chi connectivity index (χ2v) is 8.56. The lowest BCUT2D eigenvalue weighted by atomic mass is 9.63. The Kier molecular flexibility index (Phi) is 5.13. The first kappa shape index (κ1) is 20.2. The summed E-state index contributed by atoms with van der Waals surface area (Å²) in [6.07, 6.45) is 6.82. The Morgan fingerprint density at radius 3 is 2.28 bits per heavy atom. The molecule has 1 saturated carbocycles. The van der Waals surface area contributed by atoms with Crippen molar-refractivity contribution in [1.82, 2.24) is 15.2 Å². The molecule has 1 saturated heterocycles. The Bertz CT molecular complexity index is 1050. The first-order valence-corrected chi connectivity index (χ1v) is 10.8. The molecule has 0 spiro atoms. The van der Waals surface area contributed by atoms with Crippen molar-refractivity contribution in [1.29, 1.82) is 0 Å². The van der Waals surface area contributed by atoms with Gasteiger partial charge >= 0.3 is 6.03 Å². The highest BCUT2D eigenvalue weighted by Gasteiger charge is 2.58. The first-order valence-electron chi connectivity index (χ1n) is 10.8. The number of rotatable bonds is 5. The summed E-state index contributed by atoms with van der Waals surface area (Å²) in [7, 11) is 0. The van der Waals surface area contributed by atoms with Gasteiger partial charge in [0.2, 0.25) is 11.8 Å². The fourth-order valence-corrected chi connectivity index (χ4v) is 5.24. The molecule has 2 bridgehead atoms. The third-order valence-corrected chi connectivity index (χ3v) is 6.69. The van der Waals surface area contributed by atoms with Gasteiger partial charge in [-0.2, -0.15) is 0 Å². The van der Waals surface area contributed by atoms with E-state index in [1.807, 2.05) is 30.3 Å². The summed E-state index contributed by atoms with van der Waals surface area (Å²) in [5.74, 6) is -1.18. The van der Waals surface area contributed by atoms with E-state index in [0.717, 1.165) is 18.4 Å². The quantitative estimate of drug-likeness (QED) is 0.497. The molecule has 6 rings (SSSR count). The van der Waals surface area contributed by atoms with Crippen LogP contribution in [0.3, 0.4) is 0 Å². The van der Waals surface area contributed by atoms with Gasteiger partial charge in [0.05, 0.1) is 11.8 Å². The van der Waals surface area contributed by atoms with Crippen LogP contribution in [0, 0.1) is 23.7 Å². The maximum atomic E-state index is 13.4. The van der Waals surface area contributed by atoms with Crippen LogP contribution in [0.4, 0.5) is 10.6 Å².